The van der Waals surface area contributed by atoms with E-state index in [1.54, 1.807) is 6.92 Å². The van der Waals surface area contributed by atoms with Crippen molar-refractivity contribution in [1.82, 2.24) is 5.32 Å². The fraction of sp³-hybridized carbons (Fsp3) is 0.385. The highest BCUT2D eigenvalue weighted by molar-refractivity contribution is 5.82. The lowest BCUT2D eigenvalue weighted by molar-refractivity contribution is -0.128. The van der Waals surface area contributed by atoms with Gasteiger partial charge in [0.1, 0.15) is 6.10 Å². The molecule has 0 radical (unpaired) electrons. The number of benzene rings is 1. The SMILES string of the molecule is CC(C(=O)NCC(O)C(N)=O)C(N)c1ccccc1. The molecule has 2 amide bonds. The van der Waals surface area contributed by atoms with Gasteiger partial charge in [0, 0.05) is 6.04 Å². The molecule has 0 aromatic heterocycles. The molecular weight excluding hydrogens is 246 g/mol. The second-order valence-corrected chi connectivity index (χ2v) is 4.39. The summed E-state index contributed by atoms with van der Waals surface area (Å²) < 4.78 is 0. The number of aliphatic hydroxyl groups excluding tert-OH is 1. The number of amides is 2. The van der Waals surface area contributed by atoms with Crippen LogP contribution in [0, 0.1) is 5.92 Å². The van der Waals surface area contributed by atoms with Crippen LogP contribution in [-0.4, -0.2) is 29.6 Å². The number of nitrogens with two attached hydrogens (primary N) is 2. The first-order valence-corrected chi connectivity index (χ1v) is 5.99. The summed E-state index contributed by atoms with van der Waals surface area (Å²) in [5.41, 5.74) is 11.7. The molecule has 1 aromatic carbocycles. The zero-order valence-corrected chi connectivity index (χ0v) is 10.7. The number of rotatable bonds is 6. The zero-order chi connectivity index (χ0) is 14.4. The second kappa shape index (κ2) is 6.86. The van der Waals surface area contributed by atoms with Crippen molar-refractivity contribution in [2.24, 2.45) is 17.4 Å². The molecule has 3 unspecified atom stereocenters. The standard InChI is InChI=1S/C13H19N3O3/c1-8(11(14)9-5-3-2-4-6-9)13(19)16-7-10(17)12(15)18/h2-6,8,10-11,17H,7,14H2,1H3,(H2,15,18)(H,16,19). The lowest BCUT2D eigenvalue weighted by Gasteiger charge is -2.20. The van der Waals surface area contributed by atoms with Gasteiger partial charge in [-0.2, -0.15) is 0 Å². The lowest BCUT2D eigenvalue weighted by Crippen LogP contribution is -2.43. The van der Waals surface area contributed by atoms with E-state index in [-0.39, 0.29) is 12.5 Å². The molecule has 0 spiro atoms. The maximum atomic E-state index is 11.8. The normalized spacial score (nSPS) is 15.3. The first kappa shape index (κ1) is 15.1. The molecule has 0 saturated carbocycles. The van der Waals surface area contributed by atoms with Crippen molar-refractivity contribution in [3.8, 4) is 0 Å². The molecule has 3 atom stereocenters. The molecule has 0 aliphatic carbocycles. The summed E-state index contributed by atoms with van der Waals surface area (Å²) in [6.07, 6.45) is -1.39. The van der Waals surface area contributed by atoms with Crippen LogP contribution in [0.5, 0.6) is 0 Å². The average Bonchev–Trinajstić information content (AvgIpc) is 2.43. The minimum Gasteiger partial charge on any atom is -0.381 e. The van der Waals surface area contributed by atoms with E-state index >= 15 is 0 Å². The Morgan fingerprint density at radius 3 is 2.42 bits per heavy atom. The van der Waals surface area contributed by atoms with Crippen LogP contribution in [0.4, 0.5) is 0 Å². The molecule has 19 heavy (non-hydrogen) atoms. The summed E-state index contributed by atoms with van der Waals surface area (Å²) >= 11 is 0. The third kappa shape index (κ3) is 4.35. The topological polar surface area (TPSA) is 118 Å². The monoisotopic (exact) mass is 265 g/mol. The summed E-state index contributed by atoms with van der Waals surface area (Å²) in [6.45, 7) is 1.48. The summed E-state index contributed by atoms with van der Waals surface area (Å²) in [6, 6.07) is 8.78. The molecule has 0 fully saturated rings. The Hall–Kier alpha value is -1.92. The van der Waals surface area contributed by atoms with Crippen molar-refractivity contribution in [2.45, 2.75) is 19.1 Å². The van der Waals surface area contributed by atoms with Gasteiger partial charge in [-0.15, -0.1) is 0 Å². The average molecular weight is 265 g/mol. The van der Waals surface area contributed by atoms with Crippen LogP contribution >= 0.6 is 0 Å². The van der Waals surface area contributed by atoms with E-state index in [9.17, 15) is 14.7 Å². The fourth-order valence-corrected chi connectivity index (χ4v) is 1.59. The van der Waals surface area contributed by atoms with Gasteiger partial charge in [-0.3, -0.25) is 9.59 Å². The molecule has 0 saturated heterocycles. The van der Waals surface area contributed by atoms with E-state index in [0.717, 1.165) is 5.56 Å². The number of nitrogens with one attached hydrogen (secondary N) is 1. The van der Waals surface area contributed by atoms with Crippen molar-refractivity contribution in [2.75, 3.05) is 6.54 Å². The minimum absolute atomic E-state index is 0.208. The van der Waals surface area contributed by atoms with E-state index in [0.29, 0.717) is 0 Å². The van der Waals surface area contributed by atoms with Crippen LogP contribution in [-0.2, 0) is 9.59 Å². The summed E-state index contributed by atoms with van der Waals surface area (Å²) in [5.74, 6) is -1.69. The van der Waals surface area contributed by atoms with Crippen LogP contribution in [0.2, 0.25) is 0 Å². The van der Waals surface area contributed by atoms with E-state index in [1.165, 1.54) is 0 Å². The van der Waals surface area contributed by atoms with Crippen LogP contribution in [0.15, 0.2) is 30.3 Å². The Kier molecular flexibility index (Phi) is 5.47. The van der Waals surface area contributed by atoms with Gasteiger partial charge in [0.05, 0.1) is 12.5 Å². The largest absolute Gasteiger partial charge is 0.381 e. The minimum atomic E-state index is -1.39. The van der Waals surface area contributed by atoms with Gasteiger partial charge in [0.2, 0.25) is 11.8 Å². The molecule has 6 N–H and O–H groups in total. The Labute approximate surface area is 111 Å². The van der Waals surface area contributed by atoms with Gasteiger partial charge in [-0.1, -0.05) is 37.3 Å². The zero-order valence-electron chi connectivity index (χ0n) is 10.7. The number of aliphatic hydroxyl groups is 1. The molecular formula is C13H19N3O3. The highest BCUT2D eigenvalue weighted by Gasteiger charge is 2.23. The van der Waals surface area contributed by atoms with Gasteiger partial charge in [-0.25, -0.2) is 0 Å². The predicted molar refractivity (Wildman–Crippen MR) is 70.7 cm³/mol. The van der Waals surface area contributed by atoms with Gasteiger partial charge in [-0.05, 0) is 5.56 Å². The van der Waals surface area contributed by atoms with Crippen LogP contribution in [0.3, 0.4) is 0 Å². The first-order valence-electron chi connectivity index (χ1n) is 5.99. The van der Waals surface area contributed by atoms with Crippen LogP contribution in [0.25, 0.3) is 0 Å². The van der Waals surface area contributed by atoms with Gasteiger partial charge >= 0.3 is 0 Å². The summed E-state index contributed by atoms with van der Waals surface area (Å²) in [7, 11) is 0. The third-order valence-corrected chi connectivity index (χ3v) is 2.93. The molecule has 0 heterocycles. The van der Waals surface area contributed by atoms with Gasteiger partial charge in [0.15, 0.2) is 0 Å². The molecule has 6 heteroatoms. The summed E-state index contributed by atoms with van der Waals surface area (Å²) in [5, 5.41) is 11.6. The highest BCUT2D eigenvalue weighted by Crippen LogP contribution is 2.18. The quantitative estimate of drug-likeness (QED) is 0.543. The number of carbonyl (C=O) groups excluding carboxylic acids is 2. The van der Waals surface area contributed by atoms with E-state index in [2.05, 4.69) is 5.32 Å². The Morgan fingerprint density at radius 2 is 1.89 bits per heavy atom. The number of hydrogen-bond donors (Lipinski definition) is 4. The predicted octanol–water partition coefficient (Wildman–Crippen LogP) is -0.715. The van der Waals surface area contributed by atoms with Crippen LogP contribution in [0.1, 0.15) is 18.5 Å². The highest BCUT2D eigenvalue weighted by atomic mass is 16.3. The molecule has 0 bridgehead atoms. The second-order valence-electron chi connectivity index (χ2n) is 4.39. The Bertz CT molecular complexity index is 436. The molecule has 1 rings (SSSR count). The molecule has 104 valence electrons. The number of carbonyl (C=O) groups is 2. The Morgan fingerprint density at radius 1 is 1.32 bits per heavy atom. The van der Waals surface area contributed by atoms with Crippen molar-refractivity contribution in [1.29, 1.82) is 0 Å². The van der Waals surface area contributed by atoms with Gasteiger partial charge < -0.3 is 21.9 Å². The van der Waals surface area contributed by atoms with Crippen molar-refractivity contribution in [3.63, 3.8) is 0 Å². The number of primary amides is 1. The molecule has 1 aromatic rings. The fourth-order valence-electron chi connectivity index (χ4n) is 1.59. The smallest absolute Gasteiger partial charge is 0.248 e. The molecule has 0 aliphatic heterocycles. The van der Waals surface area contributed by atoms with E-state index in [4.69, 9.17) is 11.5 Å². The van der Waals surface area contributed by atoms with E-state index in [1.807, 2.05) is 30.3 Å². The van der Waals surface area contributed by atoms with Crippen molar-refractivity contribution in [3.05, 3.63) is 35.9 Å². The maximum absolute atomic E-state index is 11.8. The lowest BCUT2D eigenvalue weighted by atomic mass is 9.94. The van der Waals surface area contributed by atoms with Crippen molar-refractivity contribution < 1.29 is 14.7 Å². The Balaban J connectivity index is 2.55. The van der Waals surface area contributed by atoms with E-state index < -0.39 is 24.0 Å². The molecule has 6 nitrogen and oxygen atoms in total. The first-order chi connectivity index (χ1) is 8.93. The summed E-state index contributed by atoms with van der Waals surface area (Å²) in [4.78, 5) is 22.5. The van der Waals surface area contributed by atoms with Gasteiger partial charge in [0.25, 0.3) is 0 Å². The third-order valence-electron chi connectivity index (χ3n) is 2.93. The maximum Gasteiger partial charge on any atom is 0.248 e. The van der Waals surface area contributed by atoms with Crippen LogP contribution < -0.4 is 16.8 Å². The molecule has 0 aliphatic rings. The number of hydrogen-bond acceptors (Lipinski definition) is 4. The van der Waals surface area contributed by atoms with Crippen molar-refractivity contribution >= 4 is 11.8 Å².